The Morgan fingerprint density at radius 3 is 2.63 bits per heavy atom. The maximum Gasteiger partial charge on any atom is 0.317 e. The Morgan fingerprint density at radius 2 is 1.93 bits per heavy atom. The van der Waals surface area contributed by atoms with Crippen molar-refractivity contribution in [2.45, 2.75) is 19.2 Å². The zero-order valence-electron chi connectivity index (χ0n) is 17.2. The zero-order chi connectivity index (χ0) is 21.5. The molecule has 0 aromatic heterocycles. The lowest BCUT2D eigenvalue weighted by Crippen LogP contribution is -2.48. The molecule has 1 heterocycles. The van der Waals surface area contributed by atoms with E-state index >= 15 is 0 Å². The van der Waals surface area contributed by atoms with Crippen LogP contribution >= 0.6 is 23.2 Å². The normalized spacial score (nSPS) is 16.9. The topological polar surface area (TPSA) is 54.0 Å². The van der Waals surface area contributed by atoms with Crippen LogP contribution in [0.5, 0.6) is 5.75 Å². The molecule has 1 fully saturated rings. The number of carbonyl (C=O) groups excluding carboxylic acids is 1. The Kier molecular flexibility index (Phi) is 8.22. The number of ether oxygens (including phenoxy) is 2. The number of halogens is 2. The summed E-state index contributed by atoms with van der Waals surface area (Å²) in [4.78, 5) is 16.4. The van der Waals surface area contributed by atoms with E-state index in [0.29, 0.717) is 29.7 Å². The van der Waals surface area contributed by atoms with Crippen LogP contribution in [0.1, 0.15) is 11.1 Å². The van der Waals surface area contributed by atoms with Gasteiger partial charge in [-0.3, -0.25) is 4.90 Å². The van der Waals surface area contributed by atoms with E-state index in [2.05, 4.69) is 10.2 Å². The van der Waals surface area contributed by atoms with Crippen molar-refractivity contribution >= 4 is 29.2 Å². The second-order valence-corrected chi connectivity index (χ2v) is 8.18. The van der Waals surface area contributed by atoms with Crippen LogP contribution in [0.2, 0.25) is 10.0 Å². The molecule has 1 saturated heterocycles. The molecular formula is C22H27Cl2N3O3. The average molecular weight is 452 g/mol. The fourth-order valence-electron chi connectivity index (χ4n) is 3.36. The Morgan fingerprint density at radius 1 is 1.20 bits per heavy atom. The first-order chi connectivity index (χ1) is 14.4. The van der Waals surface area contributed by atoms with Gasteiger partial charge < -0.3 is 19.7 Å². The van der Waals surface area contributed by atoms with Gasteiger partial charge in [0.2, 0.25) is 0 Å². The van der Waals surface area contributed by atoms with Gasteiger partial charge in [-0.05, 0) is 35.4 Å². The molecule has 1 atom stereocenters. The van der Waals surface area contributed by atoms with Crippen molar-refractivity contribution in [3.8, 4) is 5.75 Å². The maximum atomic E-state index is 12.4. The molecule has 0 bridgehead atoms. The lowest BCUT2D eigenvalue weighted by molar-refractivity contribution is -0.0290. The molecule has 1 aliphatic rings. The minimum Gasteiger partial charge on any atom is -0.497 e. The number of methoxy groups -OCH3 is 1. The van der Waals surface area contributed by atoms with Crippen molar-refractivity contribution in [3.63, 3.8) is 0 Å². The maximum absolute atomic E-state index is 12.4. The van der Waals surface area contributed by atoms with Crippen molar-refractivity contribution < 1.29 is 14.3 Å². The number of nitrogens with zero attached hydrogens (tertiary/aromatic N) is 2. The van der Waals surface area contributed by atoms with Gasteiger partial charge in [0.25, 0.3) is 0 Å². The average Bonchev–Trinajstić information content (AvgIpc) is 2.75. The molecule has 6 nitrogen and oxygen atoms in total. The smallest absolute Gasteiger partial charge is 0.317 e. The third-order valence-electron chi connectivity index (χ3n) is 5.02. The van der Waals surface area contributed by atoms with Gasteiger partial charge in [0.05, 0.1) is 29.9 Å². The molecule has 8 heteroatoms. The lowest BCUT2D eigenvalue weighted by Gasteiger charge is -2.33. The molecule has 0 spiro atoms. The summed E-state index contributed by atoms with van der Waals surface area (Å²) in [6.45, 7) is 3.95. The standard InChI is InChI=1S/C22H27Cl2N3O3/c1-26(13-16-3-6-18(29-2)7-4-16)22(28)25-12-19-15-27(9-10-30-19)14-17-5-8-20(23)21(24)11-17/h3-8,11,19H,9-10,12-15H2,1-2H3,(H,25,28). The van der Waals surface area contributed by atoms with Crippen LogP contribution in [0.3, 0.4) is 0 Å². The van der Waals surface area contributed by atoms with Crippen molar-refractivity contribution in [2.75, 3.05) is 40.4 Å². The quantitative estimate of drug-likeness (QED) is 0.689. The minimum atomic E-state index is -0.129. The Labute approximate surface area is 187 Å². The monoisotopic (exact) mass is 451 g/mol. The number of rotatable bonds is 7. The molecule has 162 valence electrons. The number of hydrogen-bond donors (Lipinski definition) is 1. The molecule has 3 rings (SSSR count). The van der Waals surface area contributed by atoms with Gasteiger partial charge >= 0.3 is 6.03 Å². The van der Waals surface area contributed by atoms with Crippen LogP contribution in [0.15, 0.2) is 42.5 Å². The van der Waals surface area contributed by atoms with Gasteiger partial charge in [0.1, 0.15) is 5.75 Å². The SMILES string of the molecule is COc1ccc(CN(C)C(=O)NCC2CN(Cc3ccc(Cl)c(Cl)c3)CCO2)cc1. The largest absolute Gasteiger partial charge is 0.497 e. The summed E-state index contributed by atoms with van der Waals surface area (Å²) < 4.78 is 11.0. The fraction of sp³-hybridized carbons (Fsp3) is 0.409. The number of urea groups is 1. The summed E-state index contributed by atoms with van der Waals surface area (Å²) in [5.41, 5.74) is 2.14. The van der Waals surface area contributed by atoms with Crippen molar-refractivity contribution in [2.24, 2.45) is 0 Å². The van der Waals surface area contributed by atoms with E-state index in [1.807, 2.05) is 42.5 Å². The van der Waals surface area contributed by atoms with Crippen LogP contribution in [0.4, 0.5) is 4.79 Å². The second kappa shape index (κ2) is 10.9. The van der Waals surface area contributed by atoms with E-state index in [0.717, 1.165) is 36.5 Å². The first-order valence-electron chi connectivity index (χ1n) is 9.84. The van der Waals surface area contributed by atoms with Gasteiger partial charge in [0, 0.05) is 39.8 Å². The Hall–Kier alpha value is -1.99. The molecule has 0 radical (unpaired) electrons. The minimum absolute atomic E-state index is 0.0557. The highest BCUT2D eigenvalue weighted by Crippen LogP contribution is 2.23. The summed E-state index contributed by atoms with van der Waals surface area (Å²) in [5.74, 6) is 0.797. The van der Waals surface area contributed by atoms with Crippen LogP contribution < -0.4 is 10.1 Å². The molecule has 1 unspecified atom stereocenters. The number of morpholine rings is 1. The molecule has 2 aromatic rings. The van der Waals surface area contributed by atoms with Gasteiger partial charge in [-0.1, -0.05) is 41.4 Å². The first kappa shape index (κ1) is 22.7. The summed E-state index contributed by atoms with van der Waals surface area (Å²) >= 11 is 12.1. The first-order valence-corrected chi connectivity index (χ1v) is 10.6. The van der Waals surface area contributed by atoms with Crippen LogP contribution in [-0.4, -0.2) is 62.3 Å². The second-order valence-electron chi connectivity index (χ2n) is 7.37. The highest BCUT2D eigenvalue weighted by atomic mass is 35.5. The summed E-state index contributed by atoms with van der Waals surface area (Å²) in [5, 5.41) is 4.09. The molecule has 1 aliphatic heterocycles. The molecular weight excluding hydrogens is 425 g/mol. The highest BCUT2D eigenvalue weighted by molar-refractivity contribution is 6.42. The van der Waals surface area contributed by atoms with Crippen molar-refractivity contribution in [3.05, 3.63) is 63.6 Å². The van der Waals surface area contributed by atoms with Crippen LogP contribution in [0.25, 0.3) is 0 Å². The molecule has 2 aromatic carbocycles. The molecule has 2 amide bonds. The number of carbonyl (C=O) groups is 1. The molecule has 0 aliphatic carbocycles. The van der Waals surface area contributed by atoms with Crippen molar-refractivity contribution in [1.82, 2.24) is 15.1 Å². The predicted octanol–water partition coefficient (Wildman–Crippen LogP) is 4.04. The van der Waals surface area contributed by atoms with Crippen LogP contribution in [-0.2, 0) is 17.8 Å². The summed E-state index contributed by atoms with van der Waals surface area (Å²) in [6, 6.07) is 13.2. The number of nitrogens with one attached hydrogen (secondary N) is 1. The third-order valence-corrected chi connectivity index (χ3v) is 5.76. The van der Waals surface area contributed by atoms with Gasteiger partial charge in [0.15, 0.2) is 0 Å². The molecule has 0 saturated carbocycles. The van der Waals surface area contributed by atoms with Gasteiger partial charge in [-0.25, -0.2) is 4.79 Å². The van der Waals surface area contributed by atoms with E-state index in [1.54, 1.807) is 19.1 Å². The summed E-state index contributed by atoms with van der Waals surface area (Å²) in [6.07, 6.45) is -0.0557. The van der Waals surface area contributed by atoms with Crippen LogP contribution in [0, 0.1) is 0 Å². The third kappa shape index (κ3) is 6.51. The zero-order valence-corrected chi connectivity index (χ0v) is 18.7. The van der Waals surface area contributed by atoms with Gasteiger partial charge in [-0.15, -0.1) is 0 Å². The van der Waals surface area contributed by atoms with Gasteiger partial charge in [-0.2, -0.15) is 0 Å². The van der Waals surface area contributed by atoms with E-state index in [9.17, 15) is 4.79 Å². The highest BCUT2D eigenvalue weighted by Gasteiger charge is 2.22. The Bertz CT molecular complexity index is 848. The number of amides is 2. The fourth-order valence-corrected chi connectivity index (χ4v) is 3.68. The lowest BCUT2D eigenvalue weighted by atomic mass is 10.2. The predicted molar refractivity (Wildman–Crippen MR) is 119 cm³/mol. The molecule has 1 N–H and O–H groups in total. The summed E-state index contributed by atoms with van der Waals surface area (Å²) in [7, 11) is 3.41. The van der Waals surface area contributed by atoms with E-state index in [-0.39, 0.29) is 12.1 Å². The van der Waals surface area contributed by atoms with Crippen molar-refractivity contribution in [1.29, 1.82) is 0 Å². The number of hydrogen-bond acceptors (Lipinski definition) is 4. The van der Waals surface area contributed by atoms with E-state index in [4.69, 9.17) is 32.7 Å². The Balaban J connectivity index is 1.44. The number of benzene rings is 2. The van der Waals surface area contributed by atoms with E-state index in [1.165, 1.54) is 0 Å². The van der Waals surface area contributed by atoms with E-state index < -0.39 is 0 Å². The molecule has 30 heavy (non-hydrogen) atoms.